The van der Waals surface area contributed by atoms with Crippen LogP contribution in [0.3, 0.4) is 0 Å². The number of hydrogen-bond acceptors (Lipinski definition) is 2. The van der Waals surface area contributed by atoms with Gasteiger partial charge in [-0.25, -0.2) is 4.39 Å². The number of carbonyl (C=O) groups is 2. The van der Waals surface area contributed by atoms with Crippen LogP contribution in [0.2, 0.25) is 5.02 Å². The van der Waals surface area contributed by atoms with Gasteiger partial charge in [-0.3, -0.25) is 9.59 Å². The molecule has 0 saturated carbocycles. The highest BCUT2D eigenvalue weighted by Crippen LogP contribution is 2.47. The molecule has 1 atom stereocenters. The minimum Gasteiger partial charge on any atom is -0.361 e. The lowest BCUT2D eigenvalue weighted by molar-refractivity contribution is -0.137. The minimum absolute atomic E-state index is 0.00416. The number of nitrogens with one attached hydrogen (secondary N) is 2. The van der Waals surface area contributed by atoms with E-state index in [0.717, 1.165) is 23.9 Å². The second-order valence-corrected chi connectivity index (χ2v) is 11.3. The van der Waals surface area contributed by atoms with Crippen molar-refractivity contribution in [2.75, 3.05) is 24.5 Å². The number of aromatic amines is 2. The number of anilines is 1. The molecule has 0 aliphatic carbocycles. The van der Waals surface area contributed by atoms with Gasteiger partial charge in [0.2, 0.25) is 11.8 Å². The second kappa shape index (κ2) is 9.52. The molecule has 0 unspecified atom stereocenters. The Morgan fingerprint density at radius 2 is 1.50 bits per heavy atom. The van der Waals surface area contributed by atoms with Gasteiger partial charge >= 0.3 is 0 Å². The molecule has 8 heteroatoms. The van der Waals surface area contributed by atoms with E-state index in [2.05, 4.69) is 58.8 Å². The molecule has 2 aromatic heterocycles. The van der Waals surface area contributed by atoms with Crippen molar-refractivity contribution in [3.63, 3.8) is 0 Å². The summed E-state index contributed by atoms with van der Waals surface area (Å²) in [6.45, 7) is 1.45. The average molecular weight is 555 g/mol. The summed E-state index contributed by atoms with van der Waals surface area (Å²) in [5.74, 6) is -1.13. The summed E-state index contributed by atoms with van der Waals surface area (Å²) in [4.78, 5) is 36.9. The van der Waals surface area contributed by atoms with Crippen molar-refractivity contribution in [3.05, 3.63) is 101 Å². The highest BCUT2D eigenvalue weighted by Gasteiger charge is 2.44. The van der Waals surface area contributed by atoms with Crippen LogP contribution in [-0.4, -0.2) is 46.3 Å². The van der Waals surface area contributed by atoms with Crippen LogP contribution in [0.25, 0.3) is 21.8 Å². The number of nitrogens with zero attached hydrogens (tertiary/aromatic N) is 2. The molecule has 4 heterocycles. The average Bonchev–Trinajstić information content (AvgIpc) is 3.71. The Balaban J connectivity index is 1.17. The van der Waals surface area contributed by atoms with Crippen molar-refractivity contribution in [2.45, 2.75) is 24.7 Å². The summed E-state index contributed by atoms with van der Waals surface area (Å²) in [6.07, 6.45) is 5.93. The zero-order chi connectivity index (χ0) is 27.4. The van der Waals surface area contributed by atoms with Crippen molar-refractivity contribution < 1.29 is 14.0 Å². The van der Waals surface area contributed by atoms with E-state index in [1.54, 1.807) is 4.90 Å². The Morgan fingerprint density at radius 3 is 2.10 bits per heavy atom. The molecule has 202 valence electrons. The number of aromatic nitrogens is 2. The highest BCUT2D eigenvalue weighted by atomic mass is 35.5. The van der Waals surface area contributed by atoms with E-state index in [-0.39, 0.29) is 35.2 Å². The Kier molecular flexibility index (Phi) is 5.93. The molecule has 2 fully saturated rings. The molecule has 2 aliphatic rings. The first-order valence-electron chi connectivity index (χ1n) is 13.6. The first kappa shape index (κ1) is 24.9. The lowest BCUT2D eigenvalue weighted by Crippen LogP contribution is -2.47. The van der Waals surface area contributed by atoms with Crippen LogP contribution in [0, 0.1) is 11.7 Å². The normalized spacial score (nSPS) is 19.1. The van der Waals surface area contributed by atoms with E-state index in [1.807, 2.05) is 17.0 Å². The molecule has 0 spiro atoms. The van der Waals surface area contributed by atoms with Crippen LogP contribution in [0.5, 0.6) is 0 Å². The molecule has 0 radical (unpaired) electrons. The van der Waals surface area contributed by atoms with Crippen LogP contribution in [0.1, 0.15) is 30.4 Å². The van der Waals surface area contributed by atoms with Crippen molar-refractivity contribution in [1.82, 2.24) is 14.9 Å². The van der Waals surface area contributed by atoms with Crippen molar-refractivity contribution >= 4 is 50.9 Å². The SMILES string of the molecule is O=C([C@@H]1CC(=O)N(c2ccc(F)c(Cl)c2)C1)N1CCC(c2c[nH]c3ccccc23)(c2c[nH]c3ccccc23)CC1. The van der Waals surface area contributed by atoms with Gasteiger partial charge in [0.1, 0.15) is 5.82 Å². The topological polar surface area (TPSA) is 72.2 Å². The number of halogens is 2. The predicted molar refractivity (Wildman–Crippen MR) is 155 cm³/mol. The molecular formula is C32H28ClFN4O2. The maximum Gasteiger partial charge on any atom is 0.228 e. The summed E-state index contributed by atoms with van der Waals surface area (Å²) in [5.41, 5.74) is 4.92. The lowest BCUT2D eigenvalue weighted by Gasteiger charge is -2.43. The number of carbonyl (C=O) groups excluding carboxylic acids is 2. The van der Waals surface area contributed by atoms with E-state index >= 15 is 0 Å². The summed E-state index contributed by atoms with van der Waals surface area (Å²) >= 11 is 5.95. The summed E-state index contributed by atoms with van der Waals surface area (Å²) in [7, 11) is 0. The minimum atomic E-state index is -0.535. The number of piperidine rings is 1. The maximum atomic E-state index is 13.7. The summed E-state index contributed by atoms with van der Waals surface area (Å²) in [5, 5.41) is 2.35. The third-order valence-corrected chi connectivity index (χ3v) is 9.12. The number of rotatable bonds is 4. The zero-order valence-corrected chi connectivity index (χ0v) is 22.5. The second-order valence-electron chi connectivity index (χ2n) is 10.9. The molecule has 2 amide bonds. The molecule has 3 aromatic carbocycles. The van der Waals surface area contributed by atoms with E-state index < -0.39 is 11.7 Å². The van der Waals surface area contributed by atoms with E-state index in [9.17, 15) is 14.0 Å². The van der Waals surface area contributed by atoms with Gasteiger partial charge in [0.25, 0.3) is 0 Å². The van der Waals surface area contributed by atoms with Crippen LogP contribution < -0.4 is 4.90 Å². The first-order chi connectivity index (χ1) is 19.4. The molecule has 6 nitrogen and oxygen atoms in total. The Bertz CT molecular complexity index is 1690. The molecule has 40 heavy (non-hydrogen) atoms. The number of likely N-dealkylation sites (tertiary alicyclic amines) is 1. The third-order valence-electron chi connectivity index (χ3n) is 8.83. The Hall–Kier alpha value is -4.10. The number of benzene rings is 3. The number of fused-ring (bicyclic) bond motifs is 2. The van der Waals surface area contributed by atoms with Crippen LogP contribution in [0.4, 0.5) is 10.1 Å². The summed E-state index contributed by atoms with van der Waals surface area (Å²) < 4.78 is 13.7. The number of hydrogen-bond donors (Lipinski definition) is 2. The van der Waals surface area contributed by atoms with Gasteiger partial charge in [0.05, 0.1) is 10.9 Å². The first-order valence-corrected chi connectivity index (χ1v) is 14.0. The van der Waals surface area contributed by atoms with Crippen LogP contribution in [0.15, 0.2) is 79.1 Å². The molecular weight excluding hydrogens is 527 g/mol. The number of amides is 2. The maximum absolute atomic E-state index is 13.7. The van der Waals surface area contributed by atoms with E-state index in [0.29, 0.717) is 18.8 Å². The molecule has 7 rings (SSSR count). The lowest BCUT2D eigenvalue weighted by atomic mass is 9.67. The molecule has 0 bridgehead atoms. The Morgan fingerprint density at radius 1 is 0.900 bits per heavy atom. The van der Waals surface area contributed by atoms with Crippen LogP contribution in [-0.2, 0) is 15.0 Å². The predicted octanol–water partition coefficient (Wildman–Crippen LogP) is 6.40. The van der Waals surface area contributed by atoms with Gasteiger partial charge in [0.15, 0.2) is 0 Å². The van der Waals surface area contributed by atoms with Gasteiger partial charge in [0, 0.05) is 71.4 Å². The fourth-order valence-electron chi connectivity index (χ4n) is 6.76. The van der Waals surface area contributed by atoms with E-state index in [1.165, 1.54) is 40.1 Å². The molecule has 2 aliphatic heterocycles. The van der Waals surface area contributed by atoms with Crippen molar-refractivity contribution in [2.24, 2.45) is 5.92 Å². The molecule has 5 aromatic rings. The Labute approximate surface area is 235 Å². The zero-order valence-electron chi connectivity index (χ0n) is 21.8. The fraction of sp³-hybridized carbons (Fsp3) is 0.250. The monoisotopic (exact) mass is 554 g/mol. The smallest absolute Gasteiger partial charge is 0.228 e. The van der Waals surface area contributed by atoms with Crippen molar-refractivity contribution in [1.29, 1.82) is 0 Å². The molecule has 2 saturated heterocycles. The van der Waals surface area contributed by atoms with Gasteiger partial charge in [-0.15, -0.1) is 0 Å². The van der Waals surface area contributed by atoms with Gasteiger partial charge in [-0.05, 0) is 54.3 Å². The van der Waals surface area contributed by atoms with Gasteiger partial charge in [-0.1, -0.05) is 48.0 Å². The van der Waals surface area contributed by atoms with Crippen molar-refractivity contribution in [3.8, 4) is 0 Å². The molecule has 2 N–H and O–H groups in total. The number of para-hydroxylation sites is 2. The standard InChI is InChI=1S/C32H28ClFN4O2/c33-26-16-21(9-10-27(26)34)38-19-20(15-30(38)39)31(40)37-13-11-32(12-14-37,24-17-35-28-7-3-1-5-22(24)28)25-18-36-29-8-4-2-6-23(25)29/h1-10,16-18,20,35-36H,11-15,19H2/t20-/m1/s1. The van der Waals surface area contributed by atoms with Gasteiger partial charge < -0.3 is 19.8 Å². The van der Waals surface area contributed by atoms with Crippen LogP contribution >= 0.6 is 11.6 Å². The largest absolute Gasteiger partial charge is 0.361 e. The third kappa shape index (κ3) is 3.91. The van der Waals surface area contributed by atoms with E-state index in [4.69, 9.17) is 11.6 Å². The summed E-state index contributed by atoms with van der Waals surface area (Å²) in [6, 6.07) is 20.9. The number of H-pyrrole nitrogens is 2. The quantitative estimate of drug-likeness (QED) is 0.270. The fourth-order valence-corrected chi connectivity index (χ4v) is 6.94. The highest BCUT2D eigenvalue weighted by molar-refractivity contribution is 6.31. The van der Waals surface area contributed by atoms with Gasteiger partial charge in [-0.2, -0.15) is 0 Å².